The molecule has 1 aromatic heterocycles. The topological polar surface area (TPSA) is 114 Å². The van der Waals surface area contributed by atoms with Crippen LogP contribution in [0.25, 0.3) is 10.2 Å². The third-order valence-corrected chi connectivity index (χ3v) is 4.33. The molecular weight excluding hydrogens is 262 g/mol. The van der Waals surface area contributed by atoms with Crippen molar-refractivity contribution in [3.8, 4) is 5.75 Å². The van der Waals surface area contributed by atoms with E-state index in [1.165, 1.54) is 11.3 Å². The van der Waals surface area contributed by atoms with Crippen LogP contribution in [0.2, 0.25) is 0 Å². The van der Waals surface area contributed by atoms with Crippen molar-refractivity contribution in [3.63, 3.8) is 0 Å². The lowest BCUT2D eigenvalue weighted by molar-refractivity contribution is 0.348. The van der Waals surface area contributed by atoms with E-state index in [1.54, 1.807) is 5.51 Å². The molecule has 0 bridgehead atoms. The first kappa shape index (κ1) is 12.6. The number of rotatable bonds is 1. The fourth-order valence-corrected chi connectivity index (χ4v) is 3.34. The molecule has 1 aliphatic rings. The molecule has 2 heterocycles. The van der Waals surface area contributed by atoms with Gasteiger partial charge >= 0.3 is 0 Å². The van der Waals surface area contributed by atoms with Crippen molar-refractivity contribution in [1.29, 1.82) is 0 Å². The maximum atomic E-state index is 10.4. The third-order valence-electron chi connectivity index (χ3n) is 3.54. The zero-order chi connectivity index (χ0) is 13.6. The van der Waals surface area contributed by atoms with E-state index in [0.717, 1.165) is 4.70 Å². The zero-order valence-corrected chi connectivity index (χ0v) is 11.2. The van der Waals surface area contributed by atoms with E-state index in [1.807, 2.05) is 17.0 Å². The summed E-state index contributed by atoms with van der Waals surface area (Å²) in [5.41, 5.74) is 21.1. The molecule has 102 valence electrons. The molecule has 2 aromatic rings. The number of hydrogen-bond donors (Lipinski definition) is 4. The molecule has 1 aromatic carbocycles. The van der Waals surface area contributed by atoms with Gasteiger partial charge in [-0.3, -0.25) is 0 Å². The predicted octanol–water partition coefficient (Wildman–Crippen LogP) is 0.499. The summed E-state index contributed by atoms with van der Waals surface area (Å²) in [5.74, 6) is 0.139. The molecule has 6 nitrogen and oxygen atoms in total. The molecule has 1 aliphatic heterocycles. The van der Waals surface area contributed by atoms with Crippen molar-refractivity contribution >= 4 is 27.2 Å². The van der Waals surface area contributed by atoms with Crippen LogP contribution in [0, 0.1) is 0 Å². The van der Waals surface area contributed by atoms with Gasteiger partial charge in [-0.2, -0.15) is 0 Å². The number of aromatic hydroxyl groups is 1. The predicted molar refractivity (Wildman–Crippen MR) is 76.9 cm³/mol. The van der Waals surface area contributed by atoms with Crippen LogP contribution in [-0.2, 0) is 0 Å². The molecule has 0 aliphatic carbocycles. The minimum Gasteiger partial charge on any atom is -0.504 e. The molecule has 3 rings (SSSR count). The Morgan fingerprint density at radius 1 is 1.21 bits per heavy atom. The molecule has 0 spiro atoms. The van der Waals surface area contributed by atoms with Gasteiger partial charge < -0.3 is 27.2 Å². The summed E-state index contributed by atoms with van der Waals surface area (Å²) in [4.78, 5) is 6.01. The number of nitrogens with zero attached hydrogens (tertiary/aromatic N) is 2. The highest BCUT2D eigenvalue weighted by Crippen LogP contribution is 2.38. The van der Waals surface area contributed by atoms with Crippen molar-refractivity contribution in [2.45, 2.75) is 31.2 Å². The number of phenols is 1. The lowest BCUT2D eigenvalue weighted by Crippen LogP contribution is -2.60. The molecular formula is C12H17N5OS. The van der Waals surface area contributed by atoms with Gasteiger partial charge in [0.05, 0.1) is 28.2 Å². The maximum Gasteiger partial charge on any atom is 0.166 e. The standard InChI is InChI=1S/C12H17N5OS/c13-6-3-9(14)17(10(15)4-6)7-1-2-8-11(12(7)18)16-5-19-8/h1-2,5-6,9-10,18H,3-4,13-15H2. The molecule has 19 heavy (non-hydrogen) atoms. The van der Waals surface area contributed by atoms with Gasteiger partial charge in [-0.05, 0) is 25.0 Å². The van der Waals surface area contributed by atoms with Crippen LogP contribution in [0.4, 0.5) is 5.69 Å². The summed E-state index contributed by atoms with van der Waals surface area (Å²) in [7, 11) is 0. The zero-order valence-electron chi connectivity index (χ0n) is 10.4. The van der Waals surface area contributed by atoms with Crippen LogP contribution >= 0.6 is 11.3 Å². The number of fused-ring (bicyclic) bond motifs is 1. The Morgan fingerprint density at radius 2 is 1.89 bits per heavy atom. The Kier molecular flexibility index (Phi) is 3.06. The van der Waals surface area contributed by atoms with Crippen LogP contribution < -0.4 is 22.1 Å². The number of piperidine rings is 1. The second-order valence-corrected chi connectivity index (χ2v) is 5.79. The van der Waals surface area contributed by atoms with Crippen molar-refractivity contribution in [2.24, 2.45) is 17.2 Å². The smallest absolute Gasteiger partial charge is 0.166 e. The van der Waals surface area contributed by atoms with Gasteiger partial charge in [-0.1, -0.05) is 0 Å². The van der Waals surface area contributed by atoms with Gasteiger partial charge in [0.25, 0.3) is 0 Å². The molecule has 2 unspecified atom stereocenters. The van der Waals surface area contributed by atoms with E-state index >= 15 is 0 Å². The highest BCUT2D eigenvalue weighted by atomic mass is 32.1. The van der Waals surface area contributed by atoms with Gasteiger partial charge in [0.15, 0.2) is 5.75 Å². The van der Waals surface area contributed by atoms with Gasteiger partial charge in [-0.15, -0.1) is 11.3 Å². The fraction of sp³-hybridized carbons (Fsp3) is 0.417. The van der Waals surface area contributed by atoms with E-state index < -0.39 is 0 Å². The molecule has 0 saturated carbocycles. The number of thiazole rings is 1. The number of benzene rings is 1. The Balaban J connectivity index is 2.05. The SMILES string of the molecule is NC1CC(N)N(c2ccc3scnc3c2O)C(N)C1. The largest absolute Gasteiger partial charge is 0.504 e. The third kappa shape index (κ3) is 2.04. The van der Waals surface area contributed by atoms with Crippen molar-refractivity contribution < 1.29 is 5.11 Å². The van der Waals surface area contributed by atoms with Crippen LogP contribution in [0.15, 0.2) is 17.6 Å². The summed E-state index contributed by atoms with van der Waals surface area (Å²) < 4.78 is 0.942. The number of aromatic nitrogens is 1. The molecule has 7 heteroatoms. The minimum absolute atomic E-state index is 0.00592. The fourth-order valence-electron chi connectivity index (χ4n) is 2.66. The van der Waals surface area contributed by atoms with Gasteiger partial charge in [0.2, 0.25) is 0 Å². The van der Waals surface area contributed by atoms with Crippen LogP contribution in [0.3, 0.4) is 0 Å². The Labute approximate surface area is 114 Å². The molecule has 0 amide bonds. The van der Waals surface area contributed by atoms with E-state index in [0.29, 0.717) is 24.0 Å². The molecule has 0 radical (unpaired) electrons. The molecule has 2 atom stereocenters. The number of anilines is 1. The average molecular weight is 279 g/mol. The first-order valence-corrected chi connectivity index (χ1v) is 7.06. The number of hydrogen-bond acceptors (Lipinski definition) is 7. The summed E-state index contributed by atoms with van der Waals surface area (Å²) >= 11 is 1.49. The Morgan fingerprint density at radius 3 is 2.58 bits per heavy atom. The normalized spacial score (nSPS) is 27.9. The van der Waals surface area contributed by atoms with Gasteiger partial charge in [0.1, 0.15) is 5.52 Å². The van der Waals surface area contributed by atoms with Gasteiger partial charge in [-0.25, -0.2) is 4.98 Å². The maximum absolute atomic E-state index is 10.4. The van der Waals surface area contributed by atoms with Crippen molar-refractivity contribution in [3.05, 3.63) is 17.6 Å². The Bertz CT molecular complexity index is 589. The quantitative estimate of drug-likeness (QED) is 0.604. The van der Waals surface area contributed by atoms with E-state index in [4.69, 9.17) is 17.2 Å². The van der Waals surface area contributed by atoms with E-state index in [9.17, 15) is 5.11 Å². The van der Waals surface area contributed by atoms with Crippen LogP contribution in [-0.4, -0.2) is 28.5 Å². The second kappa shape index (κ2) is 4.61. The first-order valence-electron chi connectivity index (χ1n) is 6.18. The lowest BCUT2D eigenvalue weighted by atomic mass is 9.99. The summed E-state index contributed by atoms with van der Waals surface area (Å²) in [5, 5.41) is 10.4. The van der Waals surface area contributed by atoms with E-state index in [-0.39, 0.29) is 24.1 Å². The second-order valence-electron chi connectivity index (χ2n) is 4.91. The monoisotopic (exact) mass is 279 g/mol. The summed E-state index contributed by atoms with van der Waals surface area (Å²) in [6, 6.07) is 3.77. The first-order chi connectivity index (χ1) is 9.08. The average Bonchev–Trinajstić information content (AvgIpc) is 2.79. The number of phenolic OH excluding ortho intramolecular Hbond substituents is 1. The molecule has 1 fully saturated rings. The number of nitrogens with two attached hydrogens (primary N) is 3. The summed E-state index contributed by atoms with van der Waals surface area (Å²) in [6.07, 6.45) is 0.728. The lowest BCUT2D eigenvalue weighted by Gasteiger charge is -2.42. The Hall–Kier alpha value is -1.41. The van der Waals surface area contributed by atoms with Crippen LogP contribution in [0.1, 0.15) is 12.8 Å². The minimum atomic E-state index is -0.291. The molecule has 7 N–H and O–H groups in total. The van der Waals surface area contributed by atoms with Crippen molar-refractivity contribution in [2.75, 3.05) is 4.90 Å². The highest BCUT2D eigenvalue weighted by Gasteiger charge is 2.32. The highest BCUT2D eigenvalue weighted by molar-refractivity contribution is 7.16. The van der Waals surface area contributed by atoms with E-state index in [2.05, 4.69) is 4.98 Å². The van der Waals surface area contributed by atoms with Gasteiger partial charge in [0, 0.05) is 6.04 Å². The van der Waals surface area contributed by atoms with Crippen molar-refractivity contribution in [1.82, 2.24) is 4.98 Å². The summed E-state index contributed by atoms with van der Waals surface area (Å²) in [6.45, 7) is 0. The van der Waals surface area contributed by atoms with Crippen LogP contribution in [0.5, 0.6) is 5.75 Å². The molecule has 1 saturated heterocycles.